The van der Waals surface area contributed by atoms with E-state index >= 15 is 0 Å². The molecular weight excluding hydrogens is 368 g/mol. The number of hydrogen-bond acceptors (Lipinski definition) is 4. The van der Waals surface area contributed by atoms with Crippen LogP contribution in [0.2, 0.25) is 5.15 Å². The molecule has 2 aromatic rings. The van der Waals surface area contributed by atoms with Gasteiger partial charge in [-0.05, 0) is 35.4 Å². The van der Waals surface area contributed by atoms with Crippen molar-refractivity contribution in [2.24, 2.45) is 5.10 Å². The molecule has 27 heavy (non-hydrogen) atoms. The van der Waals surface area contributed by atoms with E-state index in [1.807, 2.05) is 17.0 Å². The first-order valence-electron chi connectivity index (χ1n) is 8.08. The van der Waals surface area contributed by atoms with E-state index in [4.69, 9.17) is 16.9 Å². The van der Waals surface area contributed by atoms with Crippen LogP contribution in [0.1, 0.15) is 16.7 Å². The minimum atomic E-state index is -0.703. The fourth-order valence-electron chi connectivity index (χ4n) is 2.70. The second-order valence-corrected chi connectivity index (χ2v) is 6.18. The van der Waals surface area contributed by atoms with Crippen LogP contribution in [-0.4, -0.2) is 38.9 Å². The molecule has 136 valence electrons. The lowest BCUT2D eigenvalue weighted by atomic mass is 10.1. The summed E-state index contributed by atoms with van der Waals surface area (Å²) in [5.74, 6) is 0.252. The van der Waals surface area contributed by atoms with Gasteiger partial charge in [-0.15, -0.1) is 0 Å². The summed E-state index contributed by atoms with van der Waals surface area (Å²) in [5.41, 5.74) is 2.26. The third kappa shape index (κ3) is 4.80. The lowest BCUT2D eigenvalue weighted by Gasteiger charge is -2.18. The van der Waals surface area contributed by atoms with Crippen LogP contribution < -0.4 is 0 Å². The number of nitro groups is 1. The fourth-order valence-corrected chi connectivity index (χ4v) is 2.81. The van der Waals surface area contributed by atoms with Crippen LogP contribution in [0, 0.1) is 21.4 Å². The topological polar surface area (TPSA) is 98.7 Å². The molecule has 0 N–H and O–H groups in total. The van der Waals surface area contributed by atoms with E-state index in [1.165, 1.54) is 0 Å². The molecular formula is C18H15ClN6O2. The smallest absolute Gasteiger partial charge is 0.278 e. The second kappa shape index (κ2) is 8.29. The van der Waals surface area contributed by atoms with Crippen LogP contribution >= 0.6 is 11.6 Å². The third-order valence-electron chi connectivity index (χ3n) is 3.95. The molecule has 0 bridgehead atoms. The molecule has 0 aliphatic carbocycles. The zero-order valence-corrected chi connectivity index (χ0v) is 15.0. The number of aromatic nitrogens is 1. The summed E-state index contributed by atoms with van der Waals surface area (Å²) >= 11 is 5.79. The van der Waals surface area contributed by atoms with Gasteiger partial charge in [0.05, 0.1) is 11.6 Å². The Morgan fingerprint density at radius 3 is 2.93 bits per heavy atom. The van der Waals surface area contributed by atoms with E-state index < -0.39 is 5.03 Å². The highest BCUT2D eigenvalue weighted by Gasteiger charge is 2.28. The molecule has 1 aliphatic heterocycles. The van der Waals surface area contributed by atoms with Crippen LogP contribution in [-0.2, 0) is 6.54 Å². The van der Waals surface area contributed by atoms with Gasteiger partial charge < -0.3 is 9.80 Å². The lowest BCUT2D eigenvalue weighted by molar-refractivity contribution is -0.486. The lowest BCUT2D eigenvalue weighted by Crippen LogP contribution is -2.31. The number of nitrogens with zero attached hydrogens (tertiary/aromatic N) is 6. The minimum absolute atomic E-state index is 0.252. The minimum Gasteiger partial charge on any atom is -0.331 e. The number of hydrazone groups is 1. The zero-order chi connectivity index (χ0) is 19.2. The van der Waals surface area contributed by atoms with Crippen LogP contribution in [0.25, 0.3) is 6.08 Å². The largest absolute Gasteiger partial charge is 0.331 e. The van der Waals surface area contributed by atoms with Crippen LogP contribution in [0.3, 0.4) is 0 Å². The monoisotopic (exact) mass is 382 g/mol. The molecule has 1 aromatic carbocycles. The Morgan fingerprint density at radius 2 is 2.22 bits per heavy atom. The molecule has 1 saturated heterocycles. The Balaban J connectivity index is 1.79. The van der Waals surface area contributed by atoms with Crippen molar-refractivity contribution in [3.8, 4) is 6.07 Å². The number of pyridine rings is 1. The first-order chi connectivity index (χ1) is 13.0. The van der Waals surface area contributed by atoms with Gasteiger partial charge in [-0.2, -0.15) is 5.26 Å². The van der Waals surface area contributed by atoms with E-state index in [1.54, 1.807) is 47.6 Å². The van der Waals surface area contributed by atoms with Gasteiger partial charge in [0, 0.05) is 32.0 Å². The van der Waals surface area contributed by atoms with Crippen molar-refractivity contribution < 1.29 is 5.03 Å². The van der Waals surface area contributed by atoms with Gasteiger partial charge >= 0.3 is 0 Å². The van der Waals surface area contributed by atoms with Crippen molar-refractivity contribution in [3.05, 3.63) is 80.8 Å². The average Bonchev–Trinajstić information content (AvgIpc) is 3.03. The molecule has 9 heteroatoms. The van der Waals surface area contributed by atoms with Crippen molar-refractivity contribution in [1.82, 2.24) is 14.8 Å². The summed E-state index contributed by atoms with van der Waals surface area (Å²) in [7, 11) is 0. The second-order valence-electron chi connectivity index (χ2n) is 5.79. The first-order valence-corrected chi connectivity index (χ1v) is 8.46. The SMILES string of the molecule is N#Cc1cccc(/C=C/N2CCN(Cc3ccc(Cl)nc3)/C2=N/[N+](=O)[O-])c1. The maximum Gasteiger partial charge on any atom is 0.278 e. The zero-order valence-electron chi connectivity index (χ0n) is 14.2. The quantitative estimate of drug-likeness (QED) is 0.448. The summed E-state index contributed by atoms with van der Waals surface area (Å²) in [6.45, 7) is 1.57. The van der Waals surface area contributed by atoms with E-state index in [0.29, 0.717) is 30.4 Å². The van der Waals surface area contributed by atoms with Crippen molar-refractivity contribution in [2.45, 2.75) is 6.54 Å². The van der Waals surface area contributed by atoms with E-state index in [0.717, 1.165) is 11.1 Å². The van der Waals surface area contributed by atoms with Crippen molar-refractivity contribution in [3.63, 3.8) is 0 Å². The highest BCUT2D eigenvalue weighted by Crippen LogP contribution is 2.16. The summed E-state index contributed by atoms with van der Waals surface area (Å²) in [6, 6.07) is 12.7. The number of benzene rings is 1. The van der Waals surface area contributed by atoms with Crippen LogP contribution in [0.15, 0.2) is 53.9 Å². The molecule has 0 radical (unpaired) electrons. The molecule has 0 saturated carbocycles. The van der Waals surface area contributed by atoms with E-state index in [9.17, 15) is 10.1 Å². The molecule has 2 heterocycles. The number of guanidine groups is 1. The first kappa shape index (κ1) is 18.4. The number of halogens is 1. The Morgan fingerprint density at radius 1 is 1.37 bits per heavy atom. The average molecular weight is 383 g/mol. The molecule has 0 spiro atoms. The molecule has 8 nitrogen and oxygen atoms in total. The molecule has 1 aliphatic rings. The van der Waals surface area contributed by atoms with Gasteiger partial charge in [-0.1, -0.05) is 29.8 Å². The summed E-state index contributed by atoms with van der Waals surface area (Å²) < 4.78 is 0. The highest BCUT2D eigenvalue weighted by molar-refractivity contribution is 6.29. The van der Waals surface area contributed by atoms with Crippen molar-refractivity contribution in [1.29, 1.82) is 5.26 Å². The normalized spacial score (nSPS) is 15.5. The summed E-state index contributed by atoms with van der Waals surface area (Å²) in [5, 5.41) is 23.2. The van der Waals surface area contributed by atoms with Crippen molar-refractivity contribution in [2.75, 3.05) is 13.1 Å². The Hall–Kier alpha value is -3.44. The molecule has 0 unspecified atom stereocenters. The maximum atomic E-state index is 11.0. The van der Waals surface area contributed by atoms with E-state index in [2.05, 4.69) is 16.2 Å². The summed E-state index contributed by atoms with van der Waals surface area (Å²) in [4.78, 5) is 18.5. The molecule has 1 fully saturated rings. The van der Waals surface area contributed by atoms with Gasteiger partial charge in [0.25, 0.3) is 5.96 Å². The number of nitriles is 1. The standard InChI is InChI=1S/C18H15ClN6O2/c19-17-5-4-16(12-21-17)13-24-9-8-23(18(24)22-25(26)27)7-6-14-2-1-3-15(10-14)11-20/h1-7,10,12H,8-9,13H2/b7-6+,22-18+. The number of hydrogen-bond donors (Lipinski definition) is 0. The van der Waals surface area contributed by atoms with Gasteiger partial charge in [-0.3, -0.25) is 0 Å². The van der Waals surface area contributed by atoms with E-state index in [-0.39, 0.29) is 5.96 Å². The van der Waals surface area contributed by atoms with Gasteiger partial charge in [0.2, 0.25) is 0 Å². The van der Waals surface area contributed by atoms with Crippen LogP contribution in [0.4, 0.5) is 0 Å². The maximum absolute atomic E-state index is 11.0. The summed E-state index contributed by atoms with van der Waals surface area (Å²) in [6.07, 6.45) is 5.17. The van der Waals surface area contributed by atoms with Crippen molar-refractivity contribution >= 4 is 23.6 Å². The molecule has 0 amide bonds. The Bertz CT molecular complexity index is 936. The molecule has 1 aromatic heterocycles. The molecule has 3 rings (SSSR count). The van der Waals surface area contributed by atoms with Gasteiger partial charge in [0.1, 0.15) is 10.3 Å². The van der Waals surface area contributed by atoms with Crippen LogP contribution in [0.5, 0.6) is 0 Å². The Labute approximate surface area is 160 Å². The number of rotatable bonds is 5. The predicted molar refractivity (Wildman–Crippen MR) is 101 cm³/mol. The Kier molecular flexibility index (Phi) is 5.64. The van der Waals surface area contributed by atoms with Gasteiger partial charge in [-0.25, -0.2) is 15.1 Å². The molecule has 0 atom stereocenters. The van der Waals surface area contributed by atoms with Gasteiger partial charge in [0.15, 0.2) is 5.03 Å². The fraction of sp³-hybridized carbons (Fsp3) is 0.167. The highest BCUT2D eigenvalue weighted by atomic mass is 35.5. The third-order valence-corrected chi connectivity index (χ3v) is 4.17. The predicted octanol–water partition coefficient (Wildman–Crippen LogP) is 2.94.